The highest BCUT2D eigenvalue weighted by molar-refractivity contribution is 6.04. The summed E-state index contributed by atoms with van der Waals surface area (Å²) in [7, 11) is 0. The topological polar surface area (TPSA) is 62.1 Å². The number of halogens is 2. The van der Waals surface area contributed by atoms with Crippen molar-refractivity contribution in [2.45, 2.75) is 12.6 Å². The van der Waals surface area contributed by atoms with Gasteiger partial charge in [-0.3, -0.25) is 4.79 Å². The van der Waals surface area contributed by atoms with Crippen LogP contribution in [0.2, 0.25) is 0 Å². The Hall–Kier alpha value is -2.21. The van der Waals surface area contributed by atoms with Gasteiger partial charge < -0.3 is 15.6 Å². The molecule has 0 fully saturated rings. The van der Waals surface area contributed by atoms with Crippen LogP contribution in [-0.2, 0) is 11.3 Å². The van der Waals surface area contributed by atoms with E-state index in [2.05, 4.69) is 4.98 Å². The molecule has 1 amide bonds. The van der Waals surface area contributed by atoms with E-state index in [1.807, 2.05) is 0 Å². The molecule has 6 heteroatoms. The van der Waals surface area contributed by atoms with Gasteiger partial charge in [-0.05, 0) is 17.7 Å². The molecule has 2 aromatic rings. The molecule has 1 unspecified atom stereocenters. The summed E-state index contributed by atoms with van der Waals surface area (Å²) < 4.78 is 27.0. The lowest BCUT2D eigenvalue weighted by Gasteiger charge is -2.16. The van der Waals surface area contributed by atoms with Gasteiger partial charge in [0.05, 0.1) is 12.2 Å². The number of carbonyl (C=O) groups excluding carboxylic acids is 1. The average Bonchev–Trinajstić information content (AvgIpc) is 2.93. The molecule has 19 heavy (non-hydrogen) atoms. The fourth-order valence-corrected chi connectivity index (χ4v) is 2.31. The van der Waals surface area contributed by atoms with E-state index in [0.717, 1.165) is 17.7 Å². The van der Waals surface area contributed by atoms with Crippen LogP contribution in [0.5, 0.6) is 0 Å². The zero-order valence-corrected chi connectivity index (χ0v) is 9.86. The molecule has 1 aliphatic heterocycles. The number of anilines is 1. The lowest BCUT2D eigenvalue weighted by molar-refractivity contribution is -0.119. The lowest BCUT2D eigenvalue weighted by atomic mass is 10.1. The first-order chi connectivity index (χ1) is 9.08. The van der Waals surface area contributed by atoms with E-state index in [-0.39, 0.29) is 17.8 Å². The number of carbonyl (C=O) groups is 1. The van der Waals surface area contributed by atoms with Crippen molar-refractivity contribution in [2.24, 2.45) is 5.73 Å². The molecule has 0 saturated carbocycles. The summed E-state index contributed by atoms with van der Waals surface area (Å²) in [5, 5.41) is 0. The fraction of sp³-hybridized carbons (Fsp3) is 0.154. The van der Waals surface area contributed by atoms with Crippen LogP contribution in [0.15, 0.2) is 30.6 Å². The first kappa shape index (κ1) is 11.9. The molecular formula is C13H11F2N3O. The number of H-pyrrole nitrogens is 1. The van der Waals surface area contributed by atoms with Crippen LogP contribution in [0.1, 0.15) is 17.2 Å². The Bertz CT molecular complexity index is 640. The molecule has 0 saturated heterocycles. The number of fused-ring (bicyclic) bond motifs is 1. The van der Waals surface area contributed by atoms with Gasteiger partial charge in [0.15, 0.2) is 0 Å². The van der Waals surface area contributed by atoms with Crippen molar-refractivity contribution in [1.82, 2.24) is 4.98 Å². The highest BCUT2D eigenvalue weighted by Crippen LogP contribution is 2.37. The molecule has 0 radical (unpaired) electrons. The van der Waals surface area contributed by atoms with Gasteiger partial charge in [-0.2, -0.15) is 0 Å². The van der Waals surface area contributed by atoms with Crippen LogP contribution in [0.25, 0.3) is 0 Å². The van der Waals surface area contributed by atoms with Gasteiger partial charge in [0.1, 0.15) is 17.7 Å². The van der Waals surface area contributed by atoms with Crippen molar-refractivity contribution >= 4 is 11.6 Å². The van der Waals surface area contributed by atoms with Crippen LogP contribution in [0.3, 0.4) is 0 Å². The molecule has 0 bridgehead atoms. The summed E-state index contributed by atoms with van der Waals surface area (Å²) in [6, 6.07) is 2.59. The highest BCUT2D eigenvalue weighted by Gasteiger charge is 2.37. The summed E-state index contributed by atoms with van der Waals surface area (Å²) >= 11 is 0. The second-order valence-electron chi connectivity index (χ2n) is 4.44. The van der Waals surface area contributed by atoms with Crippen molar-refractivity contribution in [1.29, 1.82) is 0 Å². The van der Waals surface area contributed by atoms with Crippen LogP contribution in [0.4, 0.5) is 14.5 Å². The first-order valence-corrected chi connectivity index (χ1v) is 5.75. The van der Waals surface area contributed by atoms with E-state index in [0.29, 0.717) is 0 Å². The summed E-state index contributed by atoms with van der Waals surface area (Å²) in [4.78, 5) is 16.2. The number of rotatable bonds is 2. The Balaban J connectivity index is 2.06. The van der Waals surface area contributed by atoms with Crippen LogP contribution >= 0.6 is 0 Å². The van der Waals surface area contributed by atoms with E-state index < -0.39 is 23.6 Å². The maximum atomic E-state index is 13.7. The Morgan fingerprint density at radius 1 is 1.37 bits per heavy atom. The number of nitrogens with two attached hydrogens (primary N) is 1. The monoisotopic (exact) mass is 263 g/mol. The van der Waals surface area contributed by atoms with Gasteiger partial charge in [-0.1, -0.05) is 0 Å². The van der Waals surface area contributed by atoms with Gasteiger partial charge in [-0.25, -0.2) is 8.78 Å². The fourth-order valence-electron chi connectivity index (χ4n) is 2.31. The van der Waals surface area contributed by atoms with E-state index in [4.69, 9.17) is 5.73 Å². The van der Waals surface area contributed by atoms with Gasteiger partial charge in [0, 0.05) is 24.0 Å². The second kappa shape index (κ2) is 4.17. The quantitative estimate of drug-likeness (QED) is 0.868. The molecule has 3 N–H and O–H groups in total. The Kier molecular flexibility index (Phi) is 2.60. The molecular weight excluding hydrogens is 252 g/mol. The largest absolute Gasteiger partial charge is 0.367 e. The van der Waals surface area contributed by atoms with Gasteiger partial charge >= 0.3 is 0 Å². The molecule has 1 aromatic heterocycles. The minimum absolute atomic E-state index is 0.0573. The van der Waals surface area contributed by atoms with Crippen molar-refractivity contribution in [3.05, 3.63) is 53.4 Å². The molecule has 1 atom stereocenters. The maximum Gasteiger partial charge on any atom is 0.249 e. The third-order valence-corrected chi connectivity index (χ3v) is 3.21. The zero-order valence-electron chi connectivity index (χ0n) is 9.86. The smallest absolute Gasteiger partial charge is 0.249 e. The van der Waals surface area contributed by atoms with Crippen LogP contribution in [0, 0.1) is 11.6 Å². The van der Waals surface area contributed by atoms with Crippen molar-refractivity contribution < 1.29 is 13.6 Å². The van der Waals surface area contributed by atoms with E-state index in [1.54, 1.807) is 18.5 Å². The molecule has 3 rings (SSSR count). The van der Waals surface area contributed by atoms with Crippen LogP contribution in [-0.4, -0.2) is 10.9 Å². The Morgan fingerprint density at radius 3 is 2.84 bits per heavy atom. The predicted octanol–water partition coefficient (Wildman–Crippen LogP) is 1.84. The average molecular weight is 263 g/mol. The number of aromatic amines is 1. The second-order valence-corrected chi connectivity index (χ2v) is 4.44. The van der Waals surface area contributed by atoms with Gasteiger partial charge in [0.25, 0.3) is 0 Å². The van der Waals surface area contributed by atoms with Crippen molar-refractivity contribution in [3.63, 3.8) is 0 Å². The van der Waals surface area contributed by atoms with Gasteiger partial charge in [0.2, 0.25) is 5.91 Å². The minimum Gasteiger partial charge on any atom is -0.367 e. The predicted molar refractivity (Wildman–Crippen MR) is 65.3 cm³/mol. The van der Waals surface area contributed by atoms with E-state index in [9.17, 15) is 13.6 Å². The molecule has 4 nitrogen and oxygen atoms in total. The Morgan fingerprint density at radius 2 is 2.16 bits per heavy atom. The minimum atomic E-state index is -1.07. The summed E-state index contributed by atoms with van der Waals surface area (Å²) in [6.07, 6.45) is 3.43. The summed E-state index contributed by atoms with van der Waals surface area (Å²) in [6.45, 7) is 0.228. The third-order valence-electron chi connectivity index (χ3n) is 3.21. The lowest BCUT2D eigenvalue weighted by Crippen LogP contribution is -2.31. The van der Waals surface area contributed by atoms with Crippen LogP contribution < -0.4 is 10.6 Å². The normalized spacial score (nSPS) is 17.9. The number of nitrogens with one attached hydrogen (secondary N) is 1. The molecule has 0 aliphatic carbocycles. The summed E-state index contributed by atoms with van der Waals surface area (Å²) in [5.74, 6) is -1.94. The molecule has 0 spiro atoms. The maximum absolute atomic E-state index is 13.7. The first-order valence-electron chi connectivity index (χ1n) is 5.75. The molecule has 98 valence electrons. The number of aromatic nitrogens is 1. The highest BCUT2D eigenvalue weighted by atomic mass is 19.1. The number of hydrogen-bond donors (Lipinski definition) is 2. The summed E-state index contributed by atoms with van der Waals surface area (Å²) in [5.41, 5.74) is 6.79. The standard InChI is InChI=1S/C13H11F2N3O/c14-8-3-9(15)11-10(4-8)18(13(19)12(11)16)6-7-1-2-17-5-7/h1-5,12,17H,6,16H2. The number of benzene rings is 1. The van der Waals surface area contributed by atoms with E-state index in [1.165, 1.54) is 4.90 Å². The number of nitrogens with zero attached hydrogens (tertiary/aromatic N) is 1. The molecule has 1 aliphatic rings. The SMILES string of the molecule is NC1C(=O)N(Cc2cc[nH]c2)c2cc(F)cc(F)c21. The zero-order chi connectivity index (χ0) is 13.6. The van der Waals surface area contributed by atoms with E-state index >= 15 is 0 Å². The molecule has 2 heterocycles. The van der Waals surface area contributed by atoms with Crippen molar-refractivity contribution in [2.75, 3.05) is 4.90 Å². The third kappa shape index (κ3) is 1.80. The van der Waals surface area contributed by atoms with Crippen molar-refractivity contribution in [3.8, 4) is 0 Å². The number of amides is 1. The molecule has 1 aromatic carbocycles. The number of hydrogen-bond acceptors (Lipinski definition) is 2. The van der Waals surface area contributed by atoms with Gasteiger partial charge in [-0.15, -0.1) is 0 Å². The Labute approximate surface area is 107 Å².